The summed E-state index contributed by atoms with van der Waals surface area (Å²) in [6.45, 7) is 10.9. The lowest BCUT2D eigenvalue weighted by Gasteiger charge is -2.37. The van der Waals surface area contributed by atoms with Crippen LogP contribution in [0.2, 0.25) is 0 Å². The number of pyridine rings is 2. The molecule has 3 N–H and O–H groups in total. The third kappa shape index (κ3) is 4.98. The zero-order valence-corrected chi connectivity index (χ0v) is 22.8. The molecule has 37 heavy (non-hydrogen) atoms. The monoisotopic (exact) mass is 523 g/mol. The molecule has 9 nitrogen and oxygen atoms in total. The Kier molecular flexibility index (Phi) is 6.89. The number of hydrogen-bond acceptors (Lipinski definition) is 8. The number of aryl methyl sites for hydroxylation is 2. The Morgan fingerprint density at radius 3 is 2.49 bits per heavy atom. The minimum Gasteiger partial charge on any atom is -0.497 e. The van der Waals surface area contributed by atoms with Crippen molar-refractivity contribution in [1.82, 2.24) is 14.7 Å². The number of nitrogen functional groups attached to an aromatic ring is 1. The summed E-state index contributed by atoms with van der Waals surface area (Å²) in [6.07, 6.45) is 0.919. The maximum absolute atomic E-state index is 13.5. The van der Waals surface area contributed by atoms with Crippen LogP contribution in [-0.4, -0.2) is 43.5 Å². The number of carbonyl (C=O) groups is 1. The molecule has 1 aliphatic heterocycles. The van der Waals surface area contributed by atoms with Crippen LogP contribution in [0.4, 0.5) is 11.6 Å². The molecular weight excluding hydrogens is 490 g/mol. The van der Waals surface area contributed by atoms with Gasteiger partial charge in [-0.25, -0.2) is 14.7 Å². The highest BCUT2D eigenvalue weighted by Crippen LogP contribution is 2.40. The van der Waals surface area contributed by atoms with Gasteiger partial charge in [0.1, 0.15) is 17.4 Å². The van der Waals surface area contributed by atoms with Crippen LogP contribution < -0.4 is 20.1 Å². The van der Waals surface area contributed by atoms with E-state index in [0.29, 0.717) is 29.7 Å². The quantitative estimate of drug-likeness (QED) is 0.494. The number of nitrogens with one attached hydrogen (secondary N) is 1. The van der Waals surface area contributed by atoms with E-state index in [2.05, 4.69) is 35.4 Å². The Labute approximate surface area is 218 Å². The number of nitrogens with two attached hydrogens (primary N) is 1. The Morgan fingerprint density at radius 2 is 1.86 bits per heavy atom. The summed E-state index contributed by atoms with van der Waals surface area (Å²) in [7, 11) is -2.65. The van der Waals surface area contributed by atoms with Crippen LogP contribution >= 0.6 is 0 Å². The fourth-order valence-electron chi connectivity index (χ4n) is 4.65. The predicted molar refractivity (Wildman–Crippen MR) is 144 cm³/mol. The summed E-state index contributed by atoms with van der Waals surface area (Å²) in [5, 5.41) is -0.328. The number of hydrogen-bond donors (Lipinski definition) is 2. The number of anilines is 2. The zero-order valence-electron chi connectivity index (χ0n) is 22.0. The molecule has 1 unspecified atom stereocenters. The van der Waals surface area contributed by atoms with E-state index in [9.17, 15) is 13.2 Å². The number of amides is 1. The molecule has 1 aliphatic rings. The van der Waals surface area contributed by atoms with Crippen LogP contribution in [0, 0.1) is 19.8 Å². The molecule has 0 saturated carbocycles. The smallest absolute Gasteiger partial charge is 0.281 e. The normalized spacial score (nSPS) is 17.0. The van der Waals surface area contributed by atoms with Gasteiger partial charge in [-0.3, -0.25) is 4.79 Å². The maximum atomic E-state index is 13.5. The molecule has 1 fully saturated rings. The lowest BCUT2D eigenvalue weighted by molar-refractivity contribution is 0.0981. The Bertz CT molecular complexity index is 1470. The molecule has 10 heteroatoms. The highest BCUT2D eigenvalue weighted by Gasteiger charge is 2.41. The highest BCUT2D eigenvalue weighted by atomic mass is 32.2. The summed E-state index contributed by atoms with van der Waals surface area (Å²) in [4.78, 5) is 24.5. The first kappa shape index (κ1) is 26.4. The van der Waals surface area contributed by atoms with Gasteiger partial charge in [0.2, 0.25) is 0 Å². The van der Waals surface area contributed by atoms with Crippen molar-refractivity contribution in [1.29, 1.82) is 0 Å². The lowest BCUT2D eigenvalue weighted by atomic mass is 9.90. The zero-order chi connectivity index (χ0) is 27.1. The number of methoxy groups -OCH3 is 1. The van der Waals surface area contributed by atoms with Crippen LogP contribution in [0.1, 0.15) is 48.7 Å². The van der Waals surface area contributed by atoms with Gasteiger partial charge in [-0.1, -0.05) is 19.1 Å². The lowest BCUT2D eigenvalue weighted by Crippen LogP contribution is -2.44. The average Bonchev–Trinajstić information content (AvgIpc) is 3.11. The van der Waals surface area contributed by atoms with Crippen LogP contribution in [0.15, 0.2) is 47.5 Å². The standard InChI is InChI=1S/C27H33N5O4S/c1-16-10-11-19(36-6)15-20(16)24-17(2)14-21(25(30-24)32-13-12-18(3)27(32,4)5)26(33)31-37(34,35)23-9-7-8-22(28)29-23/h7-11,14-15,18H,12-13H2,1-6H3,(H2,28,29)(H,31,33). The number of ether oxygens (including phenoxy) is 1. The largest absolute Gasteiger partial charge is 0.497 e. The number of benzene rings is 1. The van der Waals surface area contributed by atoms with Gasteiger partial charge >= 0.3 is 0 Å². The molecule has 1 aromatic carbocycles. The molecule has 3 aromatic rings. The summed E-state index contributed by atoms with van der Waals surface area (Å²) in [5.41, 5.74) is 8.86. The summed E-state index contributed by atoms with van der Waals surface area (Å²) in [6, 6.07) is 11.7. The first-order valence-corrected chi connectivity index (χ1v) is 13.6. The predicted octanol–water partition coefficient (Wildman–Crippen LogP) is 4.09. The van der Waals surface area contributed by atoms with Crippen molar-refractivity contribution in [3.63, 3.8) is 0 Å². The molecule has 1 amide bonds. The van der Waals surface area contributed by atoms with Crippen LogP contribution in [0.25, 0.3) is 11.3 Å². The van der Waals surface area contributed by atoms with E-state index in [1.807, 2.05) is 32.0 Å². The molecule has 0 spiro atoms. The molecule has 3 heterocycles. The molecule has 0 radical (unpaired) electrons. The minimum absolute atomic E-state index is 0.0411. The number of sulfonamides is 1. The second-order valence-corrected chi connectivity index (χ2v) is 11.7. The van der Waals surface area contributed by atoms with E-state index in [-0.39, 0.29) is 21.9 Å². The number of nitrogens with zero attached hydrogens (tertiary/aromatic N) is 3. The van der Waals surface area contributed by atoms with Gasteiger partial charge in [0.05, 0.1) is 18.4 Å². The number of aromatic nitrogens is 2. The van der Waals surface area contributed by atoms with E-state index in [0.717, 1.165) is 23.1 Å². The molecule has 0 aliphatic carbocycles. The van der Waals surface area contributed by atoms with Gasteiger partial charge in [-0.15, -0.1) is 0 Å². The Hall–Kier alpha value is -3.66. The van der Waals surface area contributed by atoms with Crippen molar-refractivity contribution in [3.05, 3.63) is 59.2 Å². The van der Waals surface area contributed by atoms with Crippen molar-refractivity contribution in [3.8, 4) is 17.0 Å². The second-order valence-electron chi connectivity index (χ2n) is 10.0. The second kappa shape index (κ2) is 9.66. The van der Waals surface area contributed by atoms with E-state index in [4.69, 9.17) is 15.5 Å². The highest BCUT2D eigenvalue weighted by molar-refractivity contribution is 7.90. The molecular formula is C27H33N5O4S. The van der Waals surface area contributed by atoms with Crippen molar-refractivity contribution in [2.75, 3.05) is 24.3 Å². The summed E-state index contributed by atoms with van der Waals surface area (Å²) >= 11 is 0. The Balaban J connectivity index is 1.86. The number of carbonyl (C=O) groups excluding carboxylic acids is 1. The van der Waals surface area contributed by atoms with Gasteiger partial charge in [-0.05, 0) is 81.5 Å². The number of rotatable bonds is 6. The maximum Gasteiger partial charge on any atom is 0.281 e. The van der Waals surface area contributed by atoms with Crippen molar-refractivity contribution >= 4 is 27.6 Å². The van der Waals surface area contributed by atoms with E-state index in [1.54, 1.807) is 13.2 Å². The van der Waals surface area contributed by atoms with Crippen molar-refractivity contribution in [2.45, 2.75) is 51.6 Å². The van der Waals surface area contributed by atoms with Crippen LogP contribution in [-0.2, 0) is 10.0 Å². The third-order valence-electron chi connectivity index (χ3n) is 7.33. The van der Waals surface area contributed by atoms with Gasteiger partial charge in [0.25, 0.3) is 15.9 Å². The first-order chi connectivity index (χ1) is 17.3. The average molecular weight is 524 g/mol. The van der Waals surface area contributed by atoms with Gasteiger partial charge in [0.15, 0.2) is 5.03 Å². The van der Waals surface area contributed by atoms with Crippen molar-refractivity contribution in [2.24, 2.45) is 5.92 Å². The third-order valence-corrected chi connectivity index (χ3v) is 8.56. The molecule has 2 aromatic heterocycles. The van der Waals surface area contributed by atoms with E-state index < -0.39 is 15.9 Å². The minimum atomic E-state index is -4.25. The topological polar surface area (TPSA) is 128 Å². The molecule has 4 rings (SSSR count). The fourth-order valence-corrected chi connectivity index (χ4v) is 5.59. The van der Waals surface area contributed by atoms with Crippen molar-refractivity contribution < 1.29 is 17.9 Å². The molecule has 1 atom stereocenters. The first-order valence-electron chi connectivity index (χ1n) is 12.1. The molecule has 0 bridgehead atoms. The molecule has 1 saturated heterocycles. The van der Waals surface area contributed by atoms with E-state index in [1.165, 1.54) is 18.2 Å². The Morgan fingerprint density at radius 1 is 1.14 bits per heavy atom. The van der Waals surface area contributed by atoms with Crippen LogP contribution in [0.3, 0.4) is 0 Å². The van der Waals surface area contributed by atoms with E-state index >= 15 is 0 Å². The SMILES string of the molecule is COc1ccc(C)c(-c2nc(N3CCC(C)C3(C)C)c(C(=O)NS(=O)(=O)c3cccc(N)n3)cc2C)c1. The van der Waals surface area contributed by atoms with Gasteiger partial charge in [0, 0.05) is 17.6 Å². The van der Waals surface area contributed by atoms with Crippen LogP contribution in [0.5, 0.6) is 5.75 Å². The summed E-state index contributed by atoms with van der Waals surface area (Å²) < 4.78 is 33.5. The van der Waals surface area contributed by atoms with Gasteiger partial charge in [-0.2, -0.15) is 8.42 Å². The summed E-state index contributed by atoms with van der Waals surface area (Å²) in [5.74, 6) is 0.735. The molecule has 196 valence electrons. The fraction of sp³-hybridized carbons (Fsp3) is 0.370. The van der Waals surface area contributed by atoms with Gasteiger partial charge < -0.3 is 15.4 Å².